The van der Waals surface area contributed by atoms with Crippen LogP contribution in [0, 0.1) is 6.92 Å². The van der Waals surface area contributed by atoms with Gasteiger partial charge in [-0.25, -0.2) is 4.98 Å². The lowest BCUT2D eigenvalue weighted by molar-refractivity contribution is -0.133. The molecule has 0 saturated carbocycles. The van der Waals surface area contributed by atoms with Gasteiger partial charge in [0.2, 0.25) is 0 Å². The fourth-order valence-electron chi connectivity index (χ4n) is 0.757. The lowest BCUT2D eigenvalue weighted by atomic mass is 10.4. The number of aromatic nitrogens is 1. The van der Waals surface area contributed by atoms with Crippen LogP contribution in [-0.2, 0) is 10.5 Å². The number of halogens is 1. The minimum atomic E-state index is -0.772. The van der Waals surface area contributed by atoms with E-state index in [1.807, 2.05) is 6.92 Å². The van der Waals surface area contributed by atoms with E-state index in [4.69, 9.17) is 5.11 Å². The number of rotatable bonds is 4. The summed E-state index contributed by atoms with van der Waals surface area (Å²) in [6.07, 6.45) is 0. The Balaban J connectivity index is 2.45. The zero-order valence-corrected chi connectivity index (χ0v) is 10.1. The third-order valence-electron chi connectivity index (χ3n) is 1.33. The van der Waals surface area contributed by atoms with Crippen LogP contribution in [0.25, 0.3) is 0 Å². The molecule has 0 fully saturated rings. The first-order valence-electron chi connectivity index (χ1n) is 3.51. The van der Waals surface area contributed by atoms with Crippen LogP contribution in [0.15, 0.2) is 3.92 Å². The molecule has 1 N–H and O–H groups in total. The summed E-state index contributed by atoms with van der Waals surface area (Å²) in [5.74, 6) is 0.0994. The molecule has 3 nitrogen and oxygen atoms in total. The predicted molar refractivity (Wildman–Crippen MR) is 58.3 cm³/mol. The van der Waals surface area contributed by atoms with Crippen LogP contribution in [0.3, 0.4) is 0 Å². The minimum absolute atomic E-state index is 0.148. The standard InChI is InChI=1S/C7H8BrNO2S2/c1-4-5(13-7(8)9-4)2-12-3-6(10)11/h2-3H2,1H3,(H,10,11). The third-order valence-corrected chi connectivity index (χ3v) is 4.06. The van der Waals surface area contributed by atoms with E-state index in [0.29, 0.717) is 0 Å². The first kappa shape index (κ1) is 11.0. The molecule has 0 spiro atoms. The average Bonchev–Trinajstić information content (AvgIpc) is 2.29. The van der Waals surface area contributed by atoms with Crippen LogP contribution in [0.5, 0.6) is 0 Å². The molecule has 13 heavy (non-hydrogen) atoms. The molecule has 0 aliphatic carbocycles. The topological polar surface area (TPSA) is 50.2 Å². The van der Waals surface area contributed by atoms with E-state index in [1.165, 1.54) is 11.8 Å². The zero-order chi connectivity index (χ0) is 9.84. The van der Waals surface area contributed by atoms with E-state index in [2.05, 4.69) is 20.9 Å². The molecule has 0 aromatic carbocycles. The molecule has 0 amide bonds. The Hall–Kier alpha value is -0.0700. The molecule has 0 atom stereocenters. The minimum Gasteiger partial charge on any atom is -0.481 e. The Morgan fingerprint density at radius 3 is 2.92 bits per heavy atom. The summed E-state index contributed by atoms with van der Waals surface area (Å²) in [5.41, 5.74) is 0.981. The number of aryl methyl sites for hydroxylation is 1. The van der Waals surface area contributed by atoms with Gasteiger partial charge < -0.3 is 5.11 Å². The molecular formula is C7H8BrNO2S2. The summed E-state index contributed by atoms with van der Waals surface area (Å²) in [6.45, 7) is 1.93. The van der Waals surface area contributed by atoms with Crippen molar-refractivity contribution in [2.45, 2.75) is 12.7 Å². The Bertz CT molecular complexity index is 313. The second-order valence-electron chi connectivity index (χ2n) is 2.36. The summed E-state index contributed by atoms with van der Waals surface area (Å²) < 4.78 is 0.857. The molecule has 1 rings (SSSR count). The summed E-state index contributed by atoms with van der Waals surface area (Å²) in [6, 6.07) is 0. The van der Waals surface area contributed by atoms with Crippen molar-refractivity contribution >= 4 is 45.0 Å². The van der Waals surface area contributed by atoms with E-state index in [9.17, 15) is 4.79 Å². The van der Waals surface area contributed by atoms with E-state index in [-0.39, 0.29) is 5.75 Å². The number of carboxylic acids is 1. The first-order chi connectivity index (χ1) is 6.09. The Kier molecular flexibility index (Phi) is 4.21. The van der Waals surface area contributed by atoms with Gasteiger partial charge in [-0.2, -0.15) is 0 Å². The molecule has 0 saturated heterocycles. The van der Waals surface area contributed by atoms with Crippen molar-refractivity contribution in [1.82, 2.24) is 4.98 Å². The van der Waals surface area contributed by atoms with E-state index >= 15 is 0 Å². The van der Waals surface area contributed by atoms with Gasteiger partial charge in [0.1, 0.15) is 0 Å². The highest BCUT2D eigenvalue weighted by molar-refractivity contribution is 9.11. The van der Waals surface area contributed by atoms with E-state index < -0.39 is 5.97 Å². The highest BCUT2D eigenvalue weighted by Gasteiger charge is 2.06. The lowest BCUT2D eigenvalue weighted by Gasteiger charge is -1.95. The normalized spacial score (nSPS) is 10.3. The molecule has 0 unspecified atom stereocenters. The van der Waals surface area contributed by atoms with Gasteiger partial charge in [0, 0.05) is 10.6 Å². The monoisotopic (exact) mass is 281 g/mol. The van der Waals surface area contributed by atoms with E-state index in [0.717, 1.165) is 20.2 Å². The SMILES string of the molecule is Cc1nc(Br)sc1CSCC(=O)O. The Labute approximate surface area is 92.7 Å². The highest BCUT2D eigenvalue weighted by Crippen LogP contribution is 2.26. The number of nitrogens with zero attached hydrogens (tertiary/aromatic N) is 1. The number of thioether (sulfide) groups is 1. The molecule has 72 valence electrons. The molecule has 1 aromatic rings. The number of hydrogen-bond acceptors (Lipinski definition) is 4. The van der Waals surface area contributed by atoms with Crippen molar-refractivity contribution in [3.8, 4) is 0 Å². The summed E-state index contributed by atoms with van der Waals surface area (Å²) in [4.78, 5) is 15.6. The molecule has 0 aliphatic heterocycles. The smallest absolute Gasteiger partial charge is 0.313 e. The highest BCUT2D eigenvalue weighted by atomic mass is 79.9. The Morgan fingerprint density at radius 1 is 1.77 bits per heavy atom. The summed E-state index contributed by atoms with van der Waals surface area (Å²) in [5, 5.41) is 8.42. The van der Waals surface area contributed by atoms with Crippen LogP contribution in [0.4, 0.5) is 0 Å². The van der Waals surface area contributed by atoms with Crippen LogP contribution in [0.1, 0.15) is 10.6 Å². The van der Waals surface area contributed by atoms with Crippen LogP contribution >= 0.6 is 39.0 Å². The second kappa shape index (κ2) is 4.97. The molecule has 0 radical (unpaired) electrons. The lowest BCUT2D eigenvalue weighted by Crippen LogP contribution is -1.97. The maximum atomic E-state index is 10.2. The van der Waals surface area contributed by atoms with Crippen molar-refractivity contribution in [2.75, 3.05) is 5.75 Å². The van der Waals surface area contributed by atoms with Gasteiger partial charge in [-0.1, -0.05) is 0 Å². The quantitative estimate of drug-likeness (QED) is 0.922. The number of thiazole rings is 1. The molecule has 6 heteroatoms. The molecular weight excluding hydrogens is 274 g/mol. The molecule has 0 aliphatic rings. The van der Waals surface area contributed by atoms with Gasteiger partial charge >= 0.3 is 5.97 Å². The van der Waals surface area contributed by atoms with Gasteiger partial charge in [-0.05, 0) is 22.9 Å². The van der Waals surface area contributed by atoms with Crippen LogP contribution in [-0.4, -0.2) is 21.8 Å². The number of aliphatic carboxylic acids is 1. The molecule has 1 aromatic heterocycles. The van der Waals surface area contributed by atoms with Crippen LogP contribution in [0.2, 0.25) is 0 Å². The number of carbonyl (C=O) groups is 1. The predicted octanol–water partition coefficient (Wildman–Crippen LogP) is 2.53. The first-order valence-corrected chi connectivity index (χ1v) is 6.27. The van der Waals surface area contributed by atoms with Crippen molar-refractivity contribution < 1.29 is 9.90 Å². The van der Waals surface area contributed by atoms with Crippen molar-refractivity contribution in [3.63, 3.8) is 0 Å². The molecule has 1 heterocycles. The largest absolute Gasteiger partial charge is 0.481 e. The number of carboxylic acid groups (broad SMARTS) is 1. The third kappa shape index (κ3) is 3.66. The van der Waals surface area contributed by atoms with E-state index in [1.54, 1.807) is 11.3 Å². The summed E-state index contributed by atoms with van der Waals surface area (Å²) >= 11 is 6.24. The van der Waals surface area contributed by atoms with Crippen LogP contribution < -0.4 is 0 Å². The maximum Gasteiger partial charge on any atom is 0.313 e. The van der Waals surface area contributed by atoms with Gasteiger partial charge in [0.25, 0.3) is 0 Å². The van der Waals surface area contributed by atoms with Gasteiger partial charge in [0.05, 0.1) is 11.4 Å². The zero-order valence-electron chi connectivity index (χ0n) is 6.91. The maximum absolute atomic E-state index is 10.2. The Morgan fingerprint density at radius 2 is 2.46 bits per heavy atom. The van der Waals surface area contributed by atoms with Gasteiger partial charge in [-0.3, -0.25) is 4.79 Å². The van der Waals surface area contributed by atoms with Crippen molar-refractivity contribution in [3.05, 3.63) is 14.5 Å². The molecule has 0 bridgehead atoms. The fourth-order valence-corrected chi connectivity index (χ4v) is 3.35. The summed E-state index contributed by atoms with van der Waals surface area (Å²) in [7, 11) is 0. The fraction of sp³-hybridized carbons (Fsp3) is 0.429. The second-order valence-corrected chi connectivity index (χ2v) is 5.71. The average molecular weight is 282 g/mol. The van der Waals surface area contributed by atoms with Gasteiger partial charge in [0.15, 0.2) is 3.92 Å². The van der Waals surface area contributed by atoms with Crippen molar-refractivity contribution in [1.29, 1.82) is 0 Å². The van der Waals surface area contributed by atoms with Crippen molar-refractivity contribution in [2.24, 2.45) is 0 Å². The van der Waals surface area contributed by atoms with Gasteiger partial charge in [-0.15, -0.1) is 23.1 Å². The number of hydrogen-bond donors (Lipinski definition) is 1.